The van der Waals surface area contributed by atoms with E-state index >= 15 is 0 Å². The van der Waals surface area contributed by atoms with Crippen molar-refractivity contribution in [3.8, 4) is 17.6 Å². The molecule has 0 aliphatic heterocycles. The van der Waals surface area contributed by atoms with Gasteiger partial charge in [0.2, 0.25) is 0 Å². The molecule has 0 aromatic heterocycles. The van der Waals surface area contributed by atoms with E-state index in [9.17, 15) is 18.4 Å². The fourth-order valence-electron chi connectivity index (χ4n) is 3.76. The van der Waals surface area contributed by atoms with Crippen molar-refractivity contribution < 1.29 is 32.6 Å². The Bertz CT molecular complexity index is 1810. The first-order chi connectivity index (χ1) is 21.7. The molecule has 7 heteroatoms. The third kappa shape index (κ3) is 10.0. The average Bonchev–Trinajstić information content (AvgIpc) is 3.02. The van der Waals surface area contributed by atoms with E-state index in [0.29, 0.717) is 40.6 Å². The lowest BCUT2D eigenvalue weighted by Crippen LogP contribution is -2.06. The molecule has 236 valence electrons. The highest BCUT2D eigenvalue weighted by molar-refractivity contribution is 5.88. The van der Waals surface area contributed by atoms with Crippen LogP contribution in [0.1, 0.15) is 69.4 Å². The maximum Gasteiger partial charge on any atom is 0.338 e. The summed E-state index contributed by atoms with van der Waals surface area (Å²) in [4.78, 5) is 23.4. The van der Waals surface area contributed by atoms with Crippen LogP contribution in [0.25, 0.3) is 12.2 Å². The van der Waals surface area contributed by atoms with E-state index in [4.69, 9.17) is 14.2 Å². The molecule has 3 aromatic rings. The van der Waals surface area contributed by atoms with Crippen LogP contribution in [-0.4, -0.2) is 11.9 Å². The van der Waals surface area contributed by atoms with Crippen molar-refractivity contribution in [1.29, 1.82) is 0 Å². The van der Waals surface area contributed by atoms with Crippen molar-refractivity contribution in [2.24, 2.45) is 0 Å². The molecule has 0 radical (unpaired) electrons. The molecule has 3 rings (SSSR count). The Balaban J connectivity index is 1.65. The Labute approximate surface area is 269 Å². The van der Waals surface area contributed by atoms with Gasteiger partial charge in [0.05, 0.1) is 5.56 Å². The number of allylic oxidation sites excluding steroid dienone is 4. The molecule has 0 amide bonds. The van der Waals surface area contributed by atoms with Crippen LogP contribution in [0.3, 0.4) is 0 Å². The zero-order valence-electron chi connectivity index (χ0n) is 26.8. The number of rotatable bonds is 10. The van der Waals surface area contributed by atoms with Gasteiger partial charge >= 0.3 is 11.9 Å². The Hall–Kier alpha value is -5.48. The largest absolute Gasteiger partial charge is 0.459 e. The lowest BCUT2D eigenvalue weighted by atomic mass is 10.0. The summed E-state index contributed by atoms with van der Waals surface area (Å²) >= 11 is 0. The summed E-state index contributed by atoms with van der Waals surface area (Å²) in [5, 5.41) is 0. The van der Waals surface area contributed by atoms with E-state index in [-0.39, 0.29) is 16.7 Å². The van der Waals surface area contributed by atoms with E-state index < -0.39 is 23.6 Å². The third-order valence-electron chi connectivity index (χ3n) is 6.77. The maximum absolute atomic E-state index is 14.9. The normalized spacial score (nSPS) is 11.9. The highest BCUT2D eigenvalue weighted by Gasteiger charge is 2.12. The lowest BCUT2D eigenvalue weighted by Gasteiger charge is -2.10. The second-order valence-corrected chi connectivity index (χ2v) is 10.7. The topological polar surface area (TPSA) is 61.8 Å². The van der Waals surface area contributed by atoms with Crippen LogP contribution in [0.5, 0.6) is 5.75 Å². The highest BCUT2D eigenvalue weighted by atomic mass is 19.2. The second kappa shape index (κ2) is 16.0. The van der Waals surface area contributed by atoms with Crippen LogP contribution in [0.15, 0.2) is 108 Å². The SMILES string of the molecule is C=C(C)C(=O)OC(C)=C(C)Cc1ccc(/C=C/c2ccc(C#Cc3ccc(OC(C)=C(C)OC(=O)C(=C)C)cc3)c(F)c2F)cc1. The Kier molecular flexibility index (Phi) is 12.2. The monoisotopic (exact) mass is 622 g/mol. The van der Waals surface area contributed by atoms with E-state index in [0.717, 1.165) is 16.7 Å². The molecule has 0 saturated heterocycles. The van der Waals surface area contributed by atoms with E-state index in [1.807, 2.05) is 31.2 Å². The van der Waals surface area contributed by atoms with Gasteiger partial charge in [0.15, 0.2) is 11.6 Å². The summed E-state index contributed by atoms with van der Waals surface area (Å²) in [7, 11) is 0. The van der Waals surface area contributed by atoms with Crippen LogP contribution >= 0.6 is 0 Å². The average molecular weight is 623 g/mol. The molecule has 0 bridgehead atoms. The number of carbonyl (C=O) groups excluding carboxylic acids is 2. The number of hydrogen-bond donors (Lipinski definition) is 0. The number of hydrogen-bond acceptors (Lipinski definition) is 5. The van der Waals surface area contributed by atoms with Gasteiger partial charge in [-0.05, 0) is 95.0 Å². The summed E-state index contributed by atoms with van der Waals surface area (Å²) in [5.41, 5.74) is 3.92. The minimum atomic E-state index is -1.03. The molecule has 46 heavy (non-hydrogen) atoms. The van der Waals surface area contributed by atoms with Gasteiger partial charge in [0.25, 0.3) is 0 Å². The van der Waals surface area contributed by atoms with Gasteiger partial charge in [-0.25, -0.2) is 18.4 Å². The van der Waals surface area contributed by atoms with E-state index in [2.05, 4.69) is 25.0 Å². The maximum atomic E-state index is 14.9. The fraction of sp³-hybridized carbons (Fsp3) is 0.179. The standard InChI is InChI=1S/C39H36F2O5/c1-24(2)38(42)45-27(6)26(5)23-32-11-9-30(10-12-32)13-17-33-19-20-34(37(41)36(33)40)18-14-31-15-21-35(22-16-31)44-28(7)29(8)46-39(43)25(3)4/h9-13,15-17,19-22H,1,3,23H2,2,4-8H3/b17-13+,27-26?,29-28?. The zero-order valence-corrected chi connectivity index (χ0v) is 26.8. The molecule has 0 N–H and O–H groups in total. The van der Waals surface area contributed by atoms with E-state index in [1.165, 1.54) is 18.2 Å². The molecule has 5 nitrogen and oxygen atoms in total. The zero-order chi connectivity index (χ0) is 34.0. The van der Waals surface area contributed by atoms with Crippen molar-refractivity contribution >= 4 is 24.1 Å². The fourth-order valence-corrected chi connectivity index (χ4v) is 3.76. The van der Waals surface area contributed by atoms with Crippen LogP contribution in [0, 0.1) is 23.5 Å². The first kappa shape index (κ1) is 35.0. The van der Waals surface area contributed by atoms with Crippen molar-refractivity contribution in [1.82, 2.24) is 0 Å². The van der Waals surface area contributed by atoms with Gasteiger partial charge in [-0.2, -0.15) is 0 Å². The third-order valence-corrected chi connectivity index (χ3v) is 6.77. The van der Waals surface area contributed by atoms with Crippen molar-refractivity contribution in [2.75, 3.05) is 0 Å². The Morgan fingerprint density at radius 1 is 0.696 bits per heavy atom. The number of esters is 2. The number of halogens is 2. The summed E-state index contributed by atoms with van der Waals surface area (Å²) < 4.78 is 45.9. The molecular weight excluding hydrogens is 586 g/mol. The predicted octanol–water partition coefficient (Wildman–Crippen LogP) is 9.24. The molecule has 0 saturated carbocycles. The van der Waals surface area contributed by atoms with Gasteiger partial charge in [0.1, 0.15) is 23.0 Å². The molecule has 0 unspecified atom stereocenters. The summed E-state index contributed by atoms with van der Waals surface area (Å²) in [5.74, 6) is 4.22. The minimum absolute atomic E-state index is 0.0688. The van der Waals surface area contributed by atoms with Crippen molar-refractivity contribution in [3.05, 3.63) is 147 Å². The number of carbonyl (C=O) groups is 2. The Morgan fingerprint density at radius 2 is 1.28 bits per heavy atom. The molecule has 0 aliphatic carbocycles. The molecule has 0 spiro atoms. The molecular formula is C39H36F2O5. The molecule has 0 fully saturated rings. The summed E-state index contributed by atoms with van der Waals surface area (Å²) in [6.07, 6.45) is 3.79. The second-order valence-electron chi connectivity index (χ2n) is 10.7. The smallest absolute Gasteiger partial charge is 0.338 e. The quantitative estimate of drug-likeness (QED) is 0.0742. The van der Waals surface area contributed by atoms with Gasteiger partial charge in [-0.15, -0.1) is 0 Å². The van der Waals surface area contributed by atoms with Crippen LogP contribution in [-0.2, 0) is 25.5 Å². The first-order valence-corrected chi connectivity index (χ1v) is 14.4. The number of ether oxygens (including phenoxy) is 3. The molecule has 0 atom stereocenters. The molecule has 0 heterocycles. The molecule has 0 aliphatic rings. The van der Waals surface area contributed by atoms with Crippen LogP contribution in [0.4, 0.5) is 8.78 Å². The van der Waals surface area contributed by atoms with Crippen LogP contribution < -0.4 is 4.74 Å². The highest BCUT2D eigenvalue weighted by Crippen LogP contribution is 2.21. The minimum Gasteiger partial charge on any atom is -0.459 e. The van der Waals surface area contributed by atoms with Gasteiger partial charge in [-0.1, -0.05) is 67.5 Å². The lowest BCUT2D eigenvalue weighted by molar-refractivity contribution is -0.135. The number of benzene rings is 3. The van der Waals surface area contributed by atoms with Gasteiger partial charge in [0, 0.05) is 22.3 Å². The summed E-state index contributed by atoms with van der Waals surface area (Å²) in [6, 6.07) is 17.2. The molecule has 3 aromatic carbocycles. The van der Waals surface area contributed by atoms with Gasteiger partial charge in [-0.3, -0.25) is 0 Å². The van der Waals surface area contributed by atoms with Crippen molar-refractivity contribution in [2.45, 2.75) is 48.0 Å². The van der Waals surface area contributed by atoms with Gasteiger partial charge < -0.3 is 14.2 Å². The predicted molar refractivity (Wildman–Crippen MR) is 177 cm³/mol. The van der Waals surface area contributed by atoms with E-state index in [1.54, 1.807) is 65.0 Å². The van der Waals surface area contributed by atoms with Crippen LogP contribution in [0.2, 0.25) is 0 Å². The Morgan fingerprint density at radius 3 is 1.87 bits per heavy atom. The van der Waals surface area contributed by atoms with Crippen molar-refractivity contribution in [3.63, 3.8) is 0 Å². The summed E-state index contributed by atoms with van der Waals surface area (Å²) in [6.45, 7) is 17.2. The first-order valence-electron chi connectivity index (χ1n) is 14.4.